The SMILES string of the molecule is CCOc1cccc(CC(=O)Cc2ccc3c(c2)CCN(C(=O)O[C@@H]2CC[C@@H](CC(=O)O)C[C@H]2C)C3)c1. The van der Waals surface area contributed by atoms with Crippen molar-refractivity contribution in [3.63, 3.8) is 0 Å². The van der Waals surface area contributed by atoms with E-state index in [1.807, 2.05) is 50.2 Å². The molecule has 1 N–H and O–H groups in total. The second kappa shape index (κ2) is 12.3. The van der Waals surface area contributed by atoms with Gasteiger partial charge in [-0.2, -0.15) is 0 Å². The number of amides is 1. The number of nitrogens with zero attached hydrogens (tertiary/aromatic N) is 1. The summed E-state index contributed by atoms with van der Waals surface area (Å²) < 4.78 is 11.4. The van der Waals surface area contributed by atoms with Gasteiger partial charge in [0.2, 0.25) is 0 Å². The molecule has 2 aromatic rings. The zero-order valence-electron chi connectivity index (χ0n) is 21.8. The molecule has 1 fully saturated rings. The Morgan fingerprint density at radius 1 is 1.03 bits per heavy atom. The average Bonchev–Trinajstić information content (AvgIpc) is 2.85. The molecule has 1 aliphatic carbocycles. The summed E-state index contributed by atoms with van der Waals surface area (Å²) in [6.07, 6.45) is 3.45. The maximum atomic E-state index is 12.9. The lowest BCUT2D eigenvalue weighted by atomic mass is 9.79. The van der Waals surface area contributed by atoms with Gasteiger partial charge in [-0.25, -0.2) is 4.79 Å². The van der Waals surface area contributed by atoms with Crippen LogP contribution >= 0.6 is 0 Å². The Hall–Kier alpha value is -3.35. The van der Waals surface area contributed by atoms with E-state index in [4.69, 9.17) is 14.6 Å². The lowest BCUT2D eigenvalue weighted by Crippen LogP contribution is -2.41. The smallest absolute Gasteiger partial charge is 0.410 e. The number of fused-ring (bicyclic) bond motifs is 1. The maximum Gasteiger partial charge on any atom is 0.410 e. The normalized spacial score (nSPS) is 21.1. The fraction of sp³-hybridized carbons (Fsp3) is 0.500. The Bertz CT molecular complexity index is 1130. The van der Waals surface area contributed by atoms with E-state index in [1.165, 1.54) is 5.56 Å². The minimum absolute atomic E-state index is 0.154. The summed E-state index contributed by atoms with van der Waals surface area (Å²) in [4.78, 5) is 38.3. The maximum absolute atomic E-state index is 12.9. The molecule has 7 heteroatoms. The first-order valence-electron chi connectivity index (χ1n) is 13.3. The van der Waals surface area contributed by atoms with Crippen molar-refractivity contribution < 1.29 is 29.0 Å². The van der Waals surface area contributed by atoms with E-state index in [-0.39, 0.29) is 36.2 Å². The predicted molar refractivity (Wildman–Crippen MR) is 140 cm³/mol. The summed E-state index contributed by atoms with van der Waals surface area (Å²) >= 11 is 0. The molecule has 0 unspecified atom stereocenters. The van der Waals surface area contributed by atoms with Crippen LogP contribution < -0.4 is 4.74 Å². The molecule has 7 nitrogen and oxygen atoms in total. The van der Waals surface area contributed by atoms with Crippen LogP contribution in [0, 0.1) is 11.8 Å². The average molecular weight is 508 g/mol. The minimum atomic E-state index is -0.764. The summed E-state index contributed by atoms with van der Waals surface area (Å²) in [5.41, 5.74) is 4.21. The van der Waals surface area contributed by atoms with Gasteiger partial charge in [-0.3, -0.25) is 9.59 Å². The molecule has 3 atom stereocenters. The Morgan fingerprint density at radius 3 is 2.54 bits per heavy atom. The molecule has 4 rings (SSSR count). The van der Waals surface area contributed by atoms with Gasteiger partial charge in [0.25, 0.3) is 0 Å². The van der Waals surface area contributed by atoms with Crippen LogP contribution in [0.15, 0.2) is 42.5 Å². The number of carbonyl (C=O) groups is 3. The number of ether oxygens (including phenoxy) is 2. The number of benzene rings is 2. The third-order valence-corrected chi connectivity index (χ3v) is 7.47. The second-order valence-corrected chi connectivity index (χ2v) is 10.4. The van der Waals surface area contributed by atoms with E-state index in [0.29, 0.717) is 39.0 Å². The van der Waals surface area contributed by atoms with Crippen LogP contribution in [0.2, 0.25) is 0 Å². The van der Waals surface area contributed by atoms with E-state index >= 15 is 0 Å². The first-order chi connectivity index (χ1) is 17.8. The zero-order valence-corrected chi connectivity index (χ0v) is 21.8. The molecule has 0 spiro atoms. The number of carboxylic acids is 1. The molecule has 0 saturated heterocycles. The number of Topliss-reactive ketones (excluding diaryl/α,β-unsaturated/α-hetero) is 1. The third-order valence-electron chi connectivity index (χ3n) is 7.47. The quantitative estimate of drug-likeness (QED) is 0.501. The van der Waals surface area contributed by atoms with Crippen molar-refractivity contribution in [2.24, 2.45) is 11.8 Å². The number of carboxylic acid groups (broad SMARTS) is 1. The van der Waals surface area contributed by atoms with Crippen LogP contribution in [-0.2, 0) is 40.1 Å². The topological polar surface area (TPSA) is 93.1 Å². The van der Waals surface area contributed by atoms with E-state index in [2.05, 4.69) is 6.07 Å². The molecule has 1 heterocycles. The highest BCUT2D eigenvalue weighted by atomic mass is 16.6. The molecule has 2 aliphatic rings. The van der Waals surface area contributed by atoms with Crippen LogP contribution in [0.1, 0.15) is 61.8 Å². The van der Waals surface area contributed by atoms with Gasteiger partial charge < -0.3 is 19.5 Å². The van der Waals surface area contributed by atoms with Crippen LogP contribution in [0.4, 0.5) is 4.79 Å². The van der Waals surface area contributed by atoms with Gasteiger partial charge in [-0.1, -0.05) is 37.3 Å². The lowest BCUT2D eigenvalue weighted by Gasteiger charge is -2.35. The van der Waals surface area contributed by atoms with Gasteiger partial charge in [-0.15, -0.1) is 0 Å². The molecule has 0 aromatic heterocycles. The molecule has 1 amide bonds. The fourth-order valence-electron chi connectivity index (χ4n) is 5.59. The summed E-state index contributed by atoms with van der Waals surface area (Å²) in [5.74, 6) is 0.484. The molecule has 0 bridgehead atoms. The van der Waals surface area contributed by atoms with Crippen molar-refractivity contribution in [3.05, 3.63) is 64.7 Å². The van der Waals surface area contributed by atoms with Gasteiger partial charge in [-0.05, 0) is 78.8 Å². The molecule has 1 saturated carbocycles. The van der Waals surface area contributed by atoms with E-state index < -0.39 is 5.97 Å². The summed E-state index contributed by atoms with van der Waals surface area (Å²) in [5, 5.41) is 9.05. The molecule has 2 aromatic carbocycles. The van der Waals surface area contributed by atoms with Crippen molar-refractivity contribution in [3.8, 4) is 5.75 Å². The predicted octanol–water partition coefficient (Wildman–Crippen LogP) is 5.21. The van der Waals surface area contributed by atoms with Crippen molar-refractivity contribution in [1.29, 1.82) is 0 Å². The van der Waals surface area contributed by atoms with Crippen molar-refractivity contribution in [1.82, 2.24) is 4.90 Å². The second-order valence-electron chi connectivity index (χ2n) is 10.4. The Kier molecular flexibility index (Phi) is 8.85. The number of carbonyl (C=O) groups excluding carboxylic acids is 2. The first kappa shape index (κ1) is 26.7. The number of hydrogen-bond acceptors (Lipinski definition) is 5. The summed E-state index contributed by atoms with van der Waals surface area (Å²) in [6.45, 7) is 5.64. The standard InChI is InChI=1S/C30H37NO6/c1-3-36-27-6-4-5-21(17-27)15-26(32)16-23-7-9-25-19-31(12-11-24(25)14-23)30(35)37-28-10-8-22(13-20(28)2)18-29(33)34/h4-7,9,14,17,20,22,28H,3,8,10-13,15-16,18-19H2,1-2H3,(H,33,34)/t20-,22-,28-/m1/s1. The molecule has 1 aliphatic heterocycles. The molecular weight excluding hydrogens is 470 g/mol. The van der Waals surface area contributed by atoms with Gasteiger partial charge in [0.15, 0.2) is 0 Å². The highest BCUT2D eigenvalue weighted by molar-refractivity contribution is 5.83. The highest BCUT2D eigenvalue weighted by Gasteiger charge is 2.33. The Morgan fingerprint density at radius 2 is 1.81 bits per heavy atom. The Labute approximate surface area is 218 Å². The van der Waals surface area contributed by atoms with Crippen LogP contribution in [-0.4, -0.2) is 47.1 Å². The zero-order chi connectivity index (χ0) is 26.4. The first-order valence-corrected chi connectivity index (χ1v) is 13.3. The van der Waals surface area contributed by atoms with Crippen LogP contribution in [0.3, 0.4) is 0 Å². The lowest BCUT2D eigenvalue weighted by molar-refractivity contribution is -0.138. The van der Waals surface area contributed by atoms with Gasteiger partial charge in [0.05, 0.1) is 6.61 Å². The van der Waals surface area contributed by atoms with Gasteiger partial charge in [0, 0.05) is 32.4 Å². The van der Waals surface area contributed by atoms with E-state index in [9.17, 15) is 14.4 Å². The van der Waals surface area contributed by atoms with Gasteiger partial charge >= 0.3 is 12.1 Å². The Balaban J connectivity index is 1.29. The summed E-state index contributed by atoms with van der Waals surface area (Å²) in [7, 11) is 0. The van der Waals surface area contributed by atoms with E-state index in [0.717, 1.165) is 41.7 Å². The molecule has 0 radical (unpaired) electrons. The number of rotatable bonds is 9. The van der Waals surface area contributed by atoms with Crippen molar-refractivity contribution in [2.45, 2.75) is 71.4 Å². The minimum Gasteiger partial charge on any atom is -0.494 e. The molecule has 198 valence electrons. The van der Waals surface area contributed by atoms with Crippen LogP contribution in [0.5, 0.6) is 5.75 Å². The number of aliphatic carboxylic acids is 1. The highest BCUT2D eigenvalue weighted by Crippen LogP contribution is 2.33. The third kappa shape index (κ3) is 7.34. The van der Waals surface area contributed by atoms with Crippen LogP contribution in [0.25, 0.3) is 0 Å². The largest absolute Gasteiger partial charge is 0.494 e. The fourth-order valence-corrected chi connectivity index (χ4v) is 5.59. The number of hydrogen-bond donors (Lipinski definition) is 1. The molecular formula is C30H37NO6. The van der Waals surface area contributed by atoms with Gasteiger partial charge in [0.1, 0.15) is 17.6 Å². The van der Waals surface area contributed by atoms with E-state index in [1.54, 1.807) is 4.90 Å². The monoisotopic (exact) mass is 507 g/mol. The van der Waals surface area contributed by atoms with Crippen molar-refractivity contribution >= 4 is 17.8 Å². The summed E-state index contributed by atoms with van der Waals surface area (Å²) in [6, 6.07) is 13.8. The number of ketones is 1. The molecule has 37 heavy (non-hydrogen) atoms. The van der Waals surface area contributed by atoms with Crippen molar-refractivity contribution in [2.75, 3.05) is 13.2 Å².